The number of anilines is 2. The Kier molecular flexibility index (Phi) is 5.70. The zero-order valence-electron chi connectivity index (χ0n) is 18.7. The summed E-state index contributed by atoms with van der Waals surface area (Å²) < 4.78 is 10.8. The van der Waals surface area contributed by atoms with Crippen LogP contribution in [0.2, 0.25) is 0 Å². The zero-order chi connectivity index (χ0) is 22.1. The maximum absolute atomic E-state index is 13.8. The second kappa shape index (κ2) is 8.78. The summed E-state index contributed by atoms with van der Waals surface area (Å²) >= 11 is 0. The standard InChI is InChI=1S/C24H29N5O3/c1-3-18-8-9-25-23-22-21(14-19(15-26-22)27-10-12-32-13-11-27)28(24(30)29(18)23)16-17-4-6-20(31-2)7-5-17/h4-7,14-15,18H,3,8-13,16H2,1-2H3. The van der Waals surface area contributed by atoms with Crippen LogP contribution < -0.4 is 14.5 Å². The molecule has 5 rings (SSSR count). The summed E-state index contributed by atoms with van der Waals surface area (Å²) in [4.78, 5) is 29.3. The Hall–Kier alpha value is -3.13. The average molecular weight is 436 g/mol. The number of morpholine rings is 1. The van der Waals surface area contributed by atoms with E-state index in [1.807, 2.05) is 40.3 Å². The first kappa shape index (κ1) is 20.8. The molecular formula is C24H29N5O3. The molecule has 0 aliphatic carbocycles. The summed E-state index contributed by atoms with van der Waals surface area (Å²) in [7, 11) is 1.65. The van der Waals surface area contributed by atoms with E-state index in [1.165, 1.54) is 0 Å². The smallest absolute Gasteiger partial charge is 0.330 e. The van der Waals surface area contributed by atoms with Crippen molar-refractivity contribution in [1.29, 1.82) is 0 Å². The molecule has 3 aliphatic heterocycles. The van der Waals surface area contributed by atoms with E-state index in [2.05, 4.69) is 17.9 Å². The normalized spacial score (nSPS) is 20.6. The number of carbonyl (C=O) groups excluding carboxylic acids is 1. The highest BCUT2D eigenvalue weighted by Crippen LogP contribution is 2.36. The molecule has 3 aliphatic rings. The summed E-state index contributed by atoms with van der Waals surface area (Å²) in [6, 6.07) is 10.1. The minimum Gasteiger partial charge on any atom is -0.497 e. The maximum Gasteiger partial charge on any atom is 0.330 e. The quantitative estimate of drug-likeness (QED) is 0.721. The van der Waals surface area contributed by atoms with E-state index < -0.39 is 0 Å². The zero-order valence-corrected chi connectivity index (χ0v) is 18.7. The van der Waals surface area contributed by atoms with Crippen LogP contribution in [0.3, 0.4) is 0 Å². The van der Waals surface area contributed by atoms with Gasteiger partial charge in [0.2, 0.25) is 0 Å². The van der Waals surface area contributed by atoms with Crippen LogP contribution in [0.15, 0.2) is 41.5 Å². The van der Waals surface area contributed by atoms with Crippen LogP contribution in [0.25, 0.3) is 0 Å². The molecule has 2 aromatic rings. The van der Waals surface area contributed by atoms with Crippen molar-refractivity contribution in [2.45, 2.75) is 32.4 Å². The molecule has 1 saturated heterocycles. The van der Waals surface area contributed by atoms with Crippen molar-refractivity contribution in [3.8, 4) is 5.75 Å². The van der Waals surface area contributed by atoms with Crippen LogP contribution in [-0.2, 0) is 11.3 Å². The summed E-state index contributed by atoms with van der Waals surface area (Å²) in [5.74, 6) is 1.51. The Morgan fingerprint density at radius 1 is 1.19 bits per heavy atom. The van der Waals surface area contributed by atoms with Crippen molar-refractivity contribution in [2.24, 2.45) is 4.99 Å². The van der Waals surface area contributed by atoms with E-state index in [-0.39, 0.29) is 12.1 Å². The van der Waals surface area contributed by atoms with Crippen LogP contribution in [0.1, 0.15) is 31.0 Å². The predicted octanol–water partition coefficient (Wildman–Crippen LogP) is 3.30. The minimum atomic E-state index is -0.0282. The number of hydrogen-bond acceptors (Lipinski definition) is 6. The number of ether oxygens (including phenoxy) is 2. The first-order valence-electron chi connectivity index (χ1n) is 11.3. The minimum absolute atomic E-state index is 0.0282. The van der Waals surface area contributed by atoms with Crippen molar-refractivity contribution in [3.63, 3.8) is 0 Å². The van der Waals surface area contributed by atoms with E-state index in [4.69, 9.17) is 19.5 Å². The number of pyridine rings is 1. The molecule has 4 heterocycles. The summed E-state index contributed by atoms with van der Waals surface area (Å²) in [5.41, 5.74) is 3.65. The Balaban J connectivity index is 1.56. The number of amides is 2. The van der Waals surface area contributed by atoms with Crippen molar-refractivity contribution in [1.82, 2.24) is 9.88 Å². The molecule has 1 aromatic heterocycles. The number of fused-ring (bicyclic) bond motifs is 3. The third-order valence-electron chi connectivity index (χ3n) is 6.46. The lowest BCUT2D eigenvalue weighted by molar-refractivity contribution is 0.122. The van der Waals surface area contributed by atoms with Gasteiger partial charge in [0.25, 0.3) is 0 Å². The van der Waals surface area contributed by atoms with Crippen molar-refractivity contribution >= 4 is 23.2 Å². The molecule has 1 aromatic carbocycles. The number of aliphatic imine (C=N–C) groups is 1. The molecular weight excluding hydrogens is 406 g/mol. The first-order valence-corrected chi connectivity index (χ1v) is 11.3. The molecule has 168 valence electrons. The molecule has 8 heteroatoms. The fraction of sp³-hybridized carbons (Fsp3) is 0.458. The molecule has 0 bridgehead atoms. The van der Waals surface area contributed by atoms with E-state index in [1.54, 1.807) is 7.11 Å². The Bertz CT molecular complexity index is 1020. The van der Waals surface area contributed by atoms with E-state index in [0.29, 0.717) is 25.6 Å². The topological polar surface area (TPSA) is 70.5 Å². The number of hydrogen-bond donors (Lipinski definition) is 0. The van der Waals surface area contributed by atoms with Gasteiger partial charge in [-0.3, -0.25) is 14.8 Å². The number of carbonyl (C=O) groups is 1. The van der Waals surface area contributed by atoms with Gasteiger partial charge < -0.3 is 14.4 Å². The third-order valence-corrected chi connectivity index (χ3v) is 6.46. The lowest BCUT2D eigenvalue weighted by Gasteiger charge is -2.43. The maximum atomic E-state index is 13.8. The van der Waals surface area contributed by atoms with Crippen LogP contribution in [0, 0.1) is 0 Å². The highest BCUT2D eigenvalue weighted by atomic mass is 16.5. The number of urea groups is 1. The van der Waals surface area contributed by atoms with Gasteiger partial charge in [0.15, 0.2) is 5.84 Å². The van der Waals surface area contributed by atoms with Gasteiger partial charge in [-0.25, -0.2) is 9.78 Å². The predicted molar refractivity (Wildman–Crippen MR) is 124 cm³/mol. The highest BCUT2D eigenvalue weighted by Gasteiger charge is 2.41. The number of aromatic nitrogens is 1. The van der Waals surface area contributed by atoms with Gasteiger partial charge in [-0.15, -0.1) is 0 Å². The van der Waals surface area contributed by atoms with Crippen LogP contribution in [-0.4, -0.2) is 67.8 Å². The molecule has 1 unspecified atom stereocenters. The first-order chi connectivity index (χ1) is 15.7. The molecule has 1 atom stereocenters. The summed E-state index contributed by atoms with van der Waals surface area (Å²) in [5, 5.41) is 0. The van der Waals surface area contributed by atoms with Gasteiger partial charge >= 0.3 is 6.03 Å². The fourth-order valence-corrected chi connectivity index (χ4v) is 4.63. The lowest BCUT2D eigenvalue weighted by Crippen LogP contribution is -2.57. The fourth-order valence-electron chi connectivity index (χ4n) is 4.63. The van der Waals surface area contributed by atoms with E-state index >= 15 is 0 Å². The number of nitrogens with zero attached hydrogens (tertiary/aromatic N) is 5. The Morgan fingerprint density at radius 3 is 2.69 bits per heavy atom. The number of rotatable bonds is 5. The van der Waals surface area contributed by atoms with E-state index in [0.717, 1.165) is 60.9 Å². The molecule has 0 saturated carbocycles. The summed E-state index contributed by atoms with van der Waals surface area (Å²) in [6.07, 6.45) is 3.67. The van der Waals surface area contributed by atoms with Crippen molar-refractivity contribution in [2.75, 3.05) is 49.8 Å². The van der Waals surface area contributed by atoms with Crippen molar-refractivity contribution in [3.05, 3.63) is 47.8 Å². The van der Waals surface area contributed by atoms with Gasteiger partial charge in [-0.05, 0) is 36.6 Å². The van der Waals surface area contributed by atoms with E-state index in [9.17, 15) is 4.79 Å². The molecule has 2 amide bonds. The molecule has 0 spiro atoms. The van der Waals surface area contributed by atoms with Gasteiger partial charge in [0.05, 0.1) is 44.4 Å². The lowest BCUT2D eigenvalue weighted by atomic mass is 10.0. The number of methoxy groups -OCH3 is 1. The second-order valence-electron chi connectivity index (χ2n) is 8.30. The molecule has 32 heavy (non-hydrogen) atoms. The number of benzene rings is 1. The van der Waals surface area contributed by atoms with Crippen LogP contribution in [0.4, 0.5) is 16.2 Å². The van der Waals surface area contributed by atoms with Gasteiger partial charge in [0, 0.05) is 25.7 Å². The molecule has 0 radical (unpaired) electrons. The van der Waals surface area contributed by atoms with Gasteiger partial charge in [-0.1, -0.05) is 19.1 Å². The highest BCUT2D eigenvalue weighted by molar-refractivity contribution is 6.18. The van der Waals surface area contributed by atoms with Crippen molar-refractivity contribution < 1.29 is 14.3 Å². The van der Waals surface area contributed by atoms with Gasteiger partial charge in [0.1, 0.15) is 11.4 Å². The molecule has 8 nitrogen and oxygen atoms in total. The largest absolute Gasteiger partial charge is 0.497 e. The van der Waals surface area contributed by atoms with Crippen LogP contribution in [0.5, 0.6) is 5.75 Å². The monoisotopic (exact) mass is 435 g/mol. The summed E-state index contributed by atoms with van der Waals surface area (Å²) in [6.45, 7) is 6.34. The van der Waals surface area contributed by atoms with Crippen LogP contribution >= 0.6 is 0 Å². The third kappa shape index (κ3) is 3.68. The number of amidine groups is 1. The van der Waals surface area contributed by atoms with Gasteiger partial charge in [-0.2, -0.15) is 0 Å². The molecule has 1 fully saturated rings. The average Bonchev–Trinajstić information content (AvgIpc) is 2.86. The molecule has 0 N–H and O–H groups in total. The SMILES string of the molecule is CCC1CCN=C2c3ncc(N4CCOCC4)cc3N(Cc3ccc(OC)cc3)C(=O)N21. The second-order valence-corrected chi connectivity index (χ2v) is 8.30. The Morgan fingerprint density at radius 2 is 1.97 bits per heavy atom. The Labute approximate surface area is 188 Å².